The number of para-hydroxylation sites is 1. The molecule has 4 aliphatic rings. The minimum atomic E-state index is -0.692. The largest absolute Gasteiger partial charge is 0.419 e. The Hall–Kier alpha value is -2.08. The third-order valence-electron chi connectivity index (χ3n) is 8.70. The lowest BCUT2D eigenvalue weighted by Crippen LogP contribution is -2.50. The van der Waals surface area contributed by atoms with Gasteiger partial charge in [0.2, 0.25) is 6.29 Å². The highest BCUT2D eigenvalue weighted by Crippen LogP contribution is 2.49. The number of amides is 1. The van der Waals surface area contributed by atoms with Crippen LogP contribution >= 0.6 is 0 Å². The van der Waals surface area contributed by atoms with Crippen LogP contribution in [0.15, 0.2) is 18.2 Å². The van der Waals surface area contributed by atoms with Crippen LogP contribution in [0.1, 0.15) is 64.0 Å². The van der Waals surface area contributed by atoms with Gasteiger partial charge in [0.25, 0.3) is 0 Å². The average molecular weight is 441 g/mol. The van der Waals surface area contributed by atoms with Crippen LogP contribution in [0.25, 0.3) is 0 Å². The minimum Gasteiger partial charge on any atom is -0.419 e. The normalized spacial score (nSPS) is 36.2. The zero-order valence-corrected chi connectivity index (χ0v) is 19.8. The maximum absolute atomic E-state index is 13.3. The Bertz CT molecular complexity index is 902. The van der Waals surface area contributed by atoms with Crippen molar-refractivity contribution < 1.29 is 19.1 Å². The van der Waals surface area contributed by atoms with E-state index in [2.05, 4.69) is 30.0 Å². The van der Waals surface area contributed by atoms with Crippen molar-refractivity contribution in [2.75, 3.05) is 24.5 Å². The van der Waals surface area contributed by atoms with Crippen molar-refractivity contribution in [3.05, 3.63) is 29.3 Å². The fraction of sp³-hybridized carbons (Fsp3) is 0.692. The smallest absolute Gasteiger partial charge is 0.412 e. The van der Waals surface area contributed by atoms with Crippen LogP contribution in [0.5, 0.6) is 0 Å². The third kappa shape index (κ3) is 3.60. The second-order valence-electron chi connectivity index (χ2n) is 10.5. The predicted molar refractivity (Wildman–Crippen MR) is 122 cm³/mol. The van der Waals surface area contributed by atoms with Gasteiger partial charge < -0.3 is 19.3 Å². The molecule has 1 aliphatic carbocycles. The molecule has 1 amide bonds. The Morgan fingerprint density at radius 2 is 1.88 bits per heavy atom. The van der Waals surface area contributed by atoms with E-state index in [4.69, 9.17) is 9.47 Å². The first-order valence-electron chi connectivity index (χ1n) is 12.3. The molecule has 0 aromatic heterocycles. The molecule has 0 radical (unpaired) electrons. The first-order valence-corrected chi connectivity index (χ1v) is 12.3. The number of benzene rings is 1. The Morgan fingerprint density at radius 3 is 2.66 bits per heavy atom. The number of rotatable bonds is 2. The Kier molecular flexibility index (Phi) is 5.68. The zero-order valence-electron chi connectivity index (χ0n) is 19.8. The number of carbonyl (C=O) groups excluding carboxylic acids is 2. The fourth-order valence-corrected chi connectivity index (χ4v) is 6.52. The van der Waals surface area contributed by atoms with Gasteiger partial charge in [0, 0.05) is 31.2 Å². The number of ketones is 1. The summed E-state index contributed by atoms with van der Waals surface area (Å²) < 4.78 is 11.9. The number of nitrogens with zero attached hydrogens (tertiary/aromatic N) is 2. The molecule has 3 aliphatic heterocycles. The number of anilines is 1. The van der Waals surface area contributed by atoms with E-state index in [-0.39, 0.29) is 29.6 Å². The third-order valence-corrected chi connectivity index (χ3v) is 8.70. The molecule has 7 atom stereocenters. The zero-order chi connectivity index (χ0) is 22.6. The van der Waals surface area contributed by atoms with Crippen LogP contribution in [0.4, 0.5) is 10.5 Å². The van der Waals surface area contributed by atoms with Crippen LogP contribution in [0, 0.1) is 23.7 Å². The molecule has 32 heavy (non-hydrogen) atoms. The summed E-state index contributed by atoms with van der Waals surface area (Å²) in [6, 6.07) is 6.60. The maximum Gasteiger partial charge on any atom is 0.412 e. The van der Waals surface area contributed by atoms with Gasteiger partial charge in [-0.3, -0.25) is 4.79 Å². The molecule has 1 aromatic carbocycles. The molecule has 6 heteroatoms. The van der Waals surface area contributed by atoms with E-state index in [0.29, 0.717) is 19.0 Å². The summed E-state index contributed by atoms with van der Waals surface area (Å²) in [5, 5.41) is 0. The lowest BCUT2D eigenvalue weighted by Gasteiger charge is -2.42. The molecule has 0 spiro atoms. The molecular weight excluding hydrogens is 404 g/mol. The molecule has 6 nitrogen and oxygen atoms in total. The molecule has 0 bridgehead atoms. The van der Waals surface area contributed by atoms with E-state index in [0.717, 1.165) is 19.0 Å². The van der Waals surface area contributed by atoms with E-state index in [1.807, 2.05) is 18.7 Å². The molecule has 2 fully saturated rings. The summed E-state index contributed by atoms with van der Waals surface area (Å²) in [6.45, 7) is 10.9. The molecule has 1 saturated heterocycles. The number of hydrogen-bond acceptors (Lipinski definition) is 5. The molecule has 0 N–H and O–H groups in total. The van der Waals surface area contributed by atoms with Crippen LogP contribution in [0.2, 0.25) is 0 Å². The minimum absolute atomic E-state index is 0.00638. The molecule has 5 rings (SSSR count). The fourth-order valence-electron chi connectivity index (χ4n) is 6.52. The first-order chi connectivity index (χ1) is 15.3. The summed E-state index contributed by atoms with van der Waals surface area (Å²) in [4.78, 5) is 29.6. The number of ether oxygens (including phenoxy) is 2. The number of fused-ring (bicyclic) bond motifs is 2. The van der Waals surface area contributed by atoms with Gasteiger partial charge in [-0.05, 0) is 54.6 Å². The molecule has 3 heterocycles. The van der Waals surface area contributed by atoms with Gasteiger partial charge in [-0.2, -0.15) is 0 Å². The predicted octanol–water partition coefficient (Wildman–Crippen LogP) is 4.56. The number of hydrogen-bond donors (Lipinski definition) is 0. The second kappa shape index (κ2) is 8.36. The molecule has 5 unspecified atom stereocenters. The summed E-state index contributed by atoms with van der Waals surface area (Å²) in [5.41, 5.74) is 4.04. The molecule has 174 valence electrons. The van der Waals surface area contributed by atoms with E-state index in [9.17, 15) is 9.59 Å². The Morgan fingerprint density at radius 1 is 1.06 bits per heavy atom. The number of Topliss-reactive ketones (excluding diaryl/α,β-unsaturated/α-hetero) is 1. The SMILES string of the molecule is CC(=O)C1OC(OC(=O)N2CCN3C[C@@H]4CCC[C@@H]4c4cccc(c43)C2)C(C)C(C)C1C. The quantitative estimate of drug-likeness (QED) is 0.675. The summed E-state index contributed by atoms with van der Waals surface area (Å²) in [7, 11) is 0. The van der Waals surface area contributed by atoms with Gasteiger partial charge in [0.05, 0.1) is 6.54 Å². The first kappa shape index (κ1) is 21.7. The van der Waals surface area contributed by atoms with E-state index >= 15 is 0 Å². The number of carbonyl (C=O) groups is 2. The van der Waals surface area contributed by atoms with Crippen molar-refractivity contribution in [3.63, 3.8) is 0 Å². The van der Waals surface area contributed by atoms with Gasteiger partial charge in [0.1, 0.15) is 6.10 Å². The van der Waals surface area contributed by atoms with Crippen LogP contribution in [0.3, 0.4) is 0 Å². The van der Waals surface area contributed by atoms with Crippen LogP contribution < -0.4 is 4.90 Å². The monoisotopic (exact) mass is 440 g/mol. The van der Waals surface area contributed by atoms with Crippen molar-refractivity contribution in [1.29, 1.82) is 0 Å². The van der Waals surface area contributed by atoms with Crippen molar-refractivity contribution >= 4 is 17.6 Å². The highest BCUT2D eigenvalue weighted by molar-refractivity contribution is 5.81. The van der Waals surface area contributed by atoms with Gasteiger partial charge in [-0.25, -0.2) is 4.79 Å². The second-order valence-corrected chi connectivity index (χ2v) is 10.5. The van der Waals surface area contributed by atoms with Gasteiger partial charge in [0.15, 0.2) is 5.78 Å². The van der Waals surface area contributed by atoms with Gasteiger partial charge >= 0.3 is 6.09 Å². The Labute approximate surface area is 191 Å². The molecular formula is C26H36N2O4. The van der Waals surface area contributed by atoms with Crippen LogP contribution in [-0.4, -0.2) is 48.8 Å². The van der Waals surface area contributed by atoms with Crippen molar-refractivity contribution in [2.24, 2.45) is 23.7 Å². The topological polar surface area (TPSA) is 59.1 Å². The summed E-state index contributed by atoms with van der Waals surface area (Å²) in [6.07, 6.45) is 2.36. The van der Waals surface area contributed by atoms with Gasteiger partial charge in [-0.1, -0.05) is 45.4 Å². The van der Waals surface area contributed by atoms with Crippen molar-refractivity contribution in [1.82, 2.24) is 4.90 Å². The van der Waals surface area contributed by atoms with Crippen molar-refractivity contribution in [2.45, 2.75) is 71.8 Å². The summed E-state index contributed by atoms with van der Waals surface area (Å²) >= 11 is 0. The molecule has 1 aromatic rings. The van der Waals surface area contributed by atoms with Crippen LogP contribution in [-0.2, 0) is 20.8 Å². The molecule has 1 saturated carbocycles. The van der Waals surface area contributed by atoms with E-state index in [1.165, 1.54) is 36.1 Å². The lowest BCUT2D eigenvalue weighted by atomic mass is 9.78. The highest BCUT2D eigenvalue weighted by Gasteiger charge is 2.44. The Balaban J connectivity index is 1.34. The van der Waals surface area contributed by atoms with E-state index in [1.54, 1.807) is 6.92 Å². The maximum atomic E-state index is 13.3. The lowest BCUT2D eigenvalue weighted by molar-refractivity contribution is -0.223. The summed E-state index contributed by atoms with van der Waals surface area (Å²) in [5.74, 6) is 1.77. The van der Waals surface area contributed by atoms with Gasteiger partial charge in [-0.15, -0.1) is 0 Å². The standard InChI is InChI=1S/C26H36N2O4/c1-15-16(2)24(18(4)29)31-25(17(15)3)32-26(30)28-12-11-27-13-19-7-5-9-21(19)22-10-6-8-20(14-28)23(22)27/h6,8,10,15-17,19,21,24-25H,5,7,9,11-14H2,1-4H3/t15?,16?,17?,19-,21-,24?,25?/m0/s1. The average Bonchev–Trinajstić information content (AvgIpc) is 3.16. The van der Waals surface area contributed by atoms with E-state index < -0.39 is 12.4 Å². The highest BCUT2D eigenvalue weighted by atomic mass is 16.7. The van der Waals surface area contributed by atoms with Crippen molar-refractivity contribution in [3.8, 4) is 0 Å².